The van der Waals surface area contributed by atoms with Gasteiger partial charge in [0.05, 0.1) is 39.7 Å². The Hall–Kier alpha value is -3.49. The quantitative estimate of drug-likeness (QED) is 0.583. The summed E-state index contributed by atoms with van der Waals surface area (Å²) in [5.74, 6) is -0.262. The van der Waals surface area contributed by atoms with E-state index in [4.69, 9.17) is 0 Å². The van der Waals surface area contributed by atoms with Crippen molar-refractivity contribution in [2.24, 2.45) is 0 Å². The van der Waals surface area contributed by atoms with Crippen molar-refractivity contribution < 1.29 is 32.1 Å². The summed E-state index contributed by atoms with van der Waals surface area (Å²) in [5, 5.41) is 18.8. The van der Waals surface area contributed by atoms with Gasteiger partial charge in [0.15, 0.2) is 5.78 Å². The number of urea groups is 1. The molecule has 2 aromatic carbocycles. The van der Waals surface area contributed by atoms with Gasteiger partial charge in [0.1, 0.15) is 0 Å². The third-order valence-electron chi connectivity index (χ3n) is 6.46. The van der Waals surface area contributed by atoms with Gasteiger partial charge in [-0.1, -0.05) is 12.1 Å². The van der Waals surface area contributed by atoms with E-state index in [0.717, 1.165) is 17.0 Å². The minimum atomic E-state index is -4.63. The Bertz CT molecular complexity index is 1350. The van der Waals surface area contributed by atoms with Crippen LogP contribution in [-0.2, 0) is 21.8 Å². The van der Waals surface area contributed by atoms with Gasteiger partial charge in [0.2, 0.25) is 0 Å². The third-order valence-corrected chi connectivity index (χ3v) is 7.43. The number of benzene rings is 2. The van der Waals surface area contributed by atoms with Gasteiger partial charge in [-0.2, -0.15) is 18.4 Å². The molecule has 0 spiro atoms. The zero-order chi connectivity index (χ0) is 26.9. The second-order valence-corrected chi connectivity index (χ2v) is 10.1. The van der Waals surface area contributed by atoms with Crippen LogP contribution in [0.3, 0.4) is 0 Å². The van der Waals surface area contributed by atoms with E-state index in [9.17, 15) is 37.3 Å². The summed E-state index contributed by atoms with van der Waals surface area (Å²) in [6.07, 6.45) is -2.16. The summed E-state index contributed by atoms with van der Waals surface area (Å²) in [6.45, 7) is -0.269. The monoisotopic (exact) mass is 531 g/mol. The molecule has 0 radical (unpaired) electrons. The van der Waals surface area contributed by atoms with Crippen LogP contribution < -0.4 is 4.90 Å². The number of nitrogens with zero attached hydrogens (tertiary/aromatic N) is 3. The molecule has 194 valence electrons. The van der Waals surface area contributed by atoms with E-state index in [1.165, 1.54) is 35.4 Å². The van der Waals surface area contributed by atoms with Crippen molar-refractivity contribution in [3.63, 3.8) is 0 Å². The molecule has 2 aromatic rings. The molecule has 0 saturated heterocycles. The van der Waals surface area contributed by atoms with Crippen LogP contribution in [-0.4, -0.2) is 45.4 Å². The maximum absolute atomic E-state index is 14.0. The van der Waals surface area contributed by atoms with Gasteiger partial charge in [-0.25, -0.2) is 4.79 Å². The predicted molar refractivity (Wildman–Crippen MR) is 130 cm³/mol. The second kappa shape index (κ2) is 10.5. The highest BCUT2D eigenvalue weighted by Gasteiger charge is 2.45. The number of anilines is 1. The predicted octanol–water partition coefficient (Wildman–Crippen LogP) is 4.69. The van der Waals surface area contributed by atoms with Crippen LogP contribution in [0.25, 0.3) is 0 Å². The van der Waals surface area contributed by atoms with Crippen LogP contribution in [0.1, 0.15) is 48.4 Å². The minimum absolute atomic E-state index is 0.00465. The number of nitriles is 1. The van der Waals surface area contributed by atoms with E-state index in [1.54, 1.807) is 6.07 Å². The van der Waals surface area contributed by atoms with E-state index >= 15 is 0 Å². The Balaban J connectivity index is 1.99. The van der Waals surface area contributed by atoms with Crippen molar-refractivity contribution in [2.75, 3.05) is 24.3 Å². The van der Waals surface area contributed by atoms with Gasteiger partial charge in [-0.3, -0.25) is 13.9 Å². The fourth-order valence-corrected chi connectivity index (χ4v) is 5.66. The summed E-state index contributed by atoms with van der Waals surface area (Å²) in [7, 11) is -1.58. The first-order chi connectivity index (χ1) is 17.6. The van der Waals surface area contributed by atoms with E-state index in [2.05, 4.69) is 0 Å². The van der Waals surface area contributed by atoms with Gasteiger partial charge in [0, 0.05) is 42.0 Å². The summed E-state index contributed by atoms with van der Waals surface area (Å²) in [5.41, 5.74) is 0.265. The van der Waals surface area contributed by atoms with Crippen LogP contribution in [0.2, 0.25) is 0 Å². The number of aliphatic hydroxyl groups is 1. The van der Waals surface area contributed by atoms with E-state index in [1.807, 2.05) is 6.07 Å². The first-order valence-corrected chi connectivity index (χ1v) is 13.2. The molecular formula is C26H24F3N3O4S. The molecule has 2 amide bonds. The van der Waals surface area contributed by atoms with Crippen molar-refractivity contribution >= 4 is 28.3 Å². The molecule has 0 fully saturated rings. The van der Waals surface area contributed by atoms with Gasteiger partial charge in [0.25, 0.3) is 0 Å². The number of aliphatic hydroxyl groups excluding tert-OH is 1. The first kappa shape index (κ1) is 26.6. The van der Waals surface area contributed by atoms with E-state index in [-0.39, 0.29) is 59.9 Å². The molecule has 0 aromatic heterocycles. The minimum Gasteiger partial charge on any atom is -0.396 e. The van der Waals surface area contributed by atoms with Crippen molar-refractivity contribution in [3.8, 4) is 6.07 Å². The molecule has 0 bridgehead atoms. The average Bonchev–Trinajstić information content (AvgIpc) is 2.86. The lowest BCUT2D eigenvalue weighted by atomic mass is 9.83. The lowest BCUT2D eigenvalue weighted by Crippen LogP contribution is -2.52. The zero-order valence-corrected chi connectivity index (χ0v) is 20.7. The van der Waals surface area contributed by atoms with Crippen molar-refractivity contribution in [2.45, 2.75) is 42.8 Å². The Labute approximate surface area is 214 Å². The first-order valence-electron chi connectivity index (χ1n) is 11.6. The van der Waals surface area contributed by atoms with Crippen LogP contribution >= 0.6 is 0 Å². The number of Topliss-reactive ketones (excluding diaryl/α,β-unsaturated/α-hetero) is 1. The fourth-order valence-electron chi connectivity index (χ4n) is 4.85. The topological polar surface area (TPSA) is 102 Å². The molecule has 2 unspecified atom stereocenters. The number of hydrogen-bond acceptors (Lipinski definition) is 5. The lowest BCUT2D eigenvalue weighted by Gasteiger charge is -2.45. The van der Waals surface area contributed by atoms with E-state index < -0.39 is 34.6 Å². The number of carbonyl (C=O) groups excluding carboxylic acids is 2. The highest BCUT2D eigenvalue weighted by molar-refractivity contribution is 7.84. The molecule has 1 aliphatic carbocycles. The Morgan fingerprint density at radius 1 is 1.16 bits per heavy atom. The highest BCUT2D eigenvalue weighted by atomic mass is 32.2. The summed E-state index contributed by atoms with van der Waals surface area (Å²) >= 11 is 0. The maximum Gasteiger partial charge on any atom is 0.416 e. The van der Waals surface area contributed by atoms with Gasteiger partial charge >= 0.3 is 12.2 Å². The van der Waals surface area contributed by atoms with Gasteiger partial charge < -0.3 is 10.0 Å². The zero-order valence-electron chi connectivity index (χ0n) is 19.9. The standard InChI is InChI=1S/C26H24F3N3O4S/c1-37(36)22-13-16(15-30)9-10-19(22)24-23-20(7-3-8-21(23)34)32(25(35)31(24)11-4-12-33)18-6-2-5-17(14-18)26(27,28)29/h2,5-6,9-10,13-14,24,33H,3-4,7-8,11-12H2,1H3. The van der Waals surface area contributed by atoms with Crippen molar-refractivity contribution in [1.82, 2.24) is 4.90 Å². The molecule has 2 aliphatic rings. The molecule has 0 saturated carbocycles. The number of hydrogen-bond donors (Lipinski definition) is 1. The van der Waals surface area contributed by atoms with Crippen LogP contribution in [0.15, 0.2) is 58.6 Å². The SMILES string of the molecule is CS(=O)c1cc(C#N)ccc1C1C2=C(CCCC2=O)N(c2cccc(C(F)(F)F)c2)C(=O)N1CCCO. The second-order valence-electron chi connectivity index (χ2n) is 8.79. The van der Waals surface area contributed by atoms with Crippen LogP contribution in [0.4, 0.5) is 23.7 Å². The third kappa shape index (κ3) is 5.04. The molecule has 4 rings (SSSR count). The van der Waals surface area contributed by atoms with E-state index in [0.29, 0.717) is 17.7 Å². The Morgan fingerprint density at radius 3 is 2.57 bits per heavy atom. The highest BCUT2D eigenvalue weighted by Crippen LogP contribution is 2.46. The molecular weight excluding hydrogens is 507 g/mol. The fraction of sp³-hybridized carbons (Fsp3) is 0.346. The van der Waals surface area contributed by atoms with Crippen LogP contribution in [0, 0.1) is 11.3 Å². The molecule has 7 nitrogen and oxygen atoms in total. The van der Waals surface area contributed by atoms with Crippen LogP contribution in [0.5, 0.6) is 0 Å². The van der Waals surface area contributed by atoms with Crippen molar-refractivity contribution in [1.29, 1.82) is 5.26 Å². The van der Waals surface area contributed by atoms with Gasteiger partial charge in [-0.05, 0) is 55.2 Å². The summed E-state index contributed by atoms with van der Waals surface area (Å²) in [6, 6.07) is 9.27. The molecule has 37 heavy (non-hydrogen) atoms. The Morgan fingerprint density at radius 2 is 1.92 bits per heavy atom. The smallest absolute Gasteiger partial charge is 0.396 e. The number of allylic oxidation sites excluding steroid dienone is 1. The molecule has 1 N–H and O–H groups in total. The summed E-state index contributed by atoms with van der Waals surface area (Å²) < 4.78 is 53.1. The largest absolute Gasteiger partial charge is 0.416 e. The number of amides is 2. The maximum atomic E-state index is 14.0. The lowest BCUT2D eigenvalue weighted by molar-refractivity contribution is -0.137. The van der Waals surface area contributed by atoms with Crippen molar-refractivity contribution in [3.05, 3.63) is 70.4 Å². The molecule has 1 aliphatic heterocycles. The van der Waals surface area contributed by atoms with Gasteiger partial charge in [-0.15, -0.1) is 0 Å². The number of ketones is 1. The average molecular weight is 532 g/mol. The Kier molecular flexibility index (Phi) is 7.52. The normalized spacial score (nSPS) is 19.1. The number of halogens is 3. The number of carbonyl (C=O) groups is 2. The number of rotatable bonds is 6. The molecule has 1 heterocycles. The molecule has 11 heteroatoms. The summed E-state index contributed by atoms with van der Waals surface area (Å²) in [4.78, 5) is 30.1. The molecule has 2 atom stereocenters. The number of alkyl halides is 3.